The van der Waals surface area contributed by atoms with E-state index in [0.29, 0.717) is 5.56 Å². The largest absolute Gasteiger partial charge is 0.479 e. The smallest absolute Gasteiger partial charge is 0.334 e. The first-order valence-corrected chi connectivity index (χ1v) is 6.15. The van der Waals surface area contributed by atoms with Gasteiger partial charge in [0, 0.05) is 25.5 Å². The first-order valence-electron chi connectivity index (χ1n) is 6.15. The van der Waals surface area contributed by atoms with Gasteiger partial charge in [0.2, 0.25) is 5.91 Å². The van der Waals surface area contributed by atoms with Crippen LogP contribution in [0, 0.1) is 0 Å². The number of Topliss-reactive ketones (excluding diaryl/α,β-unsaturated/α-hetero) is 1. The average molecular weight is 279 g/mol. The Balaban J connectivity index is 2.33. The number of ether oxygens (including phenoxy) is 1. The molecule has 0 spiro atoms. The number of nitrogens with one attached hydrogen (secondary N) is 1. The number of carbonyl (C=O) groups is 3. The van der Waals surface area contributed by atoms with Crippen LogP contribution in [0.2, 0.25) is 0 Å². The number of carboxylic acids is 1. The number of amides is 1. The van der Waals surface area contributed by atoms with E-state index in [4.69, 9.17) is 5.11 Å². The fourth-order valence-corrected chi connectivity index (χ4v) is 1.56. The van der Waals surface area contributed by atoms with Gasteiger partial charge < -0.3 is 15.2 Å². The standard InChI is InChI=1S/C14H17NO5/c1-20-12(14(18)19)9-15-13(17)8-7-11(16)10-5-3-2-4-6-10/h2-6,12H,7-9H2,1H3,(H,15,17)(H,18,19). The van der Waals surface area contributed by atoms with Crippen molar-refractivity contribution < 1.29 is 24.2 Å². The number of benzene rings is 1. The molecule has 0 aliphatic heterocycles. The van der Waals surface area contributed by atoms with Crippen LogP contribution in [0.25, 0.3) is 0 Å². The second-order valence-corrected chi connectivity index (χ2v) is 4.16. The van der Waals surface area contributed by atoms with Crippen molar-refractivity contribution in [2.24, 2.45) is 0 Å². The predicted octanol–water partition coefficient (Wildman–Crippen LogP) is 0.865. The fourth-order valence-electron chi connectivity index (χ4n) is 1.56. The third-order valence-corrected chi connectivity index (χ3v) is 2.72. The number of carboxylic acid groups (broad SMARTS) is 1. The summed E-state index contributed by atoms with van der Waals surface area (Å²) in [6, 6.07) is 8.68. The lowest BCUT2D eigenvalue weighted by Crippen LogP contribution is -2.37. The lowest BCUT2D eigenvalue weighted by atomic mass is 10.1. The van der Waals surface area contributed by atoms with Crippen LogP contribution in [0.4, 0.5) is 0 Å². The molecular weight excluding hydrogens is 262 g/mol. The highest BCUT2D eigenvalue weighted by Crippen LogP contribution is 2.04. The van der Waals surface area contributed by atoms with Crippen molar-refractivity contribution >= 4 is 17.7 Å². The molecule has 108 valence electrons. The van der Waals surface area contributed by atoms with Crippen LogP contribution in [-0.2, 0) is 14.3 Å². The lowest BCUT2D eigenvalue weighted by molar-refractivity contribution is -0.148. The van der Waals surface area contributed by atoms with Crippen molar-refractivity contribution in [3.05, 3.63) is 35.9 Å². The second-order valence-electron chi connectivity index (χ2n) is 4.16. The number of methoxy groups -OCH3 is 1. The molecule has 0 saturated heterocycles. The summed E-state index contributed by atoms with van der Waals surface area (Å²) >= 11 is 0. The molecule has 0 bridgehead atoms. The van der Waals surface area contributed by atoms with E-state index in [2.05, 4.69) is 10.1 Å². The Labute approximate surface area is 116 Å². The molecule has 20 heavy (non-hydrogen) atoms. The Kier molecular flexibility index (Phi) is 6.39. The Morgan fingerprint density at radius 1 is 1.20 bits per heavy atom. The number of rotatable bonds is 8. The van der Waals surface area contributed by atoms with Crippen molar-refractivity contribution in [1.82, 2.24) is 5.32 Å². The van der Waals surface area contributed by atoms with Gasteiger partial charge in [0.1, 0.15) is 0 Å². The van der Waals surface area contributed by atoms with E-state index in [0.717, 1.165) is 0 Å². The van der Waals surface area contributed by atoms with E-state index in [1.807, 2.05) is 0 Å². The average Bonchev–Trinajstić information content (AvgIpc) is 2.46. The fraction of sp³-hybridized carbons (Fsp3) is 0.357. The molecule has 1 aromatic carbocycles. The maximum absolute atomic E-state index is 11.8. The summed E-state index contributed by atoms with van der Waals surface area (Å²) in [5, 5.41) is 11.1. The minimum Gasteiger partial charge on any atom is -0.479 e. The molecule has 1 aromatic rings. The monoisotopic (exact) mass is 279 g/mol. The van der Waals surface area contributed by atoms with Crippen molar-refractivity contribution in [2.45, 2.75) is 18.9 Å². The molecule has 0 radical (unpaired) electrons. The zero-order valence-corrected chi connectivity index (χ0v) is 11.2. The van der Waals surface area contributed by atoms with E-state index in [1.54, 1.807) is 30.3 Å². The Hall–Kier alpha value is -2.21. The third-order valence-electron chi connectivity index (χ3n) is 2.72. The zero-order valence-electron chi connectivity index (χ0n) is 11.2. The highest BCUT2D eigenvalue weighted by Gasteiger charge is 2.17. The zero-order chi connectivity index (χ0) is 15.0. The van der Waals surface area contributed by atoms with Crippen LogP contribution in [0.3, 0.4) is 0 Å². The number of hydrogen-bond donors (Lipinski definition) is 2. The highest BCUT2D eigenvalue weighted by atomic mass is 16.5. The van der Waals surface area contributed by atoms with Crippen LogP contribution in [-0.4, -0.2) is 42.5 Å². The van der Waals surface area contributed by atoms with E-state index >= 15 is 0 Å². The van der Waals surface area contributed by atoms with Gasteiger partial charge in [0.05, 0.1) is 6.54 Å². The van der Waals surface area contributed by atoms with Crippen LogP contribution in [0.5, 0.6) is 0 Å². The second kappa shape index (κ2) is 8.06. The van der Waals surface area contributed by atoms with Gasteiger partial charge in [0.15, 0.2) is 11.9 Å². The molecule has 1 atom stereocenters. The summed E-state index contributed by atoms with van der Waals surface area (Å²) in [4.78, 5) is 33.9. The summed E-state index contributed by atoms with van der Waals surface area (Å²) in [5.74, 6) is -1.65. The van der Waals surface area contributed by atoms with E-state index < -0.39 is 12.1 Å². The van der Waals surface area contributed by atoms with Gasteiger partial charge in [-0.3, -0.25) is 9.59 Å². The molecule has 1 rings (SSSR count). The normalized spacial score (nSPS) is 11.7. The van der Waals surface area contributed by atoms with Gasteiger partial charge >= 0.3 is 5.97 Å². The van der Waals surface area contributed by atoms with Gasteiger partial charge in [-0.2, -0.15) is 0 Å². The van der Waals surface area contributed by atoms with E-state index in [-0.39, 0.29) is 31.1 Å². The topological polar surface area (TPSA) is 92.7 Å². The van der Waals surface area contributed by atoms with Gasteiger partial charge in [-0.1, -0.05) is 30.3 Å². The number of carbonyl (C=O) groups excluding carboxylic acids is 2. The van der Waals surface area contributed by atoms with Crippen molar-refractivity contribution in [1.29, 1.82) is 0 Å². The summed E-state index contributed by atoms with van der Waals surface area (Å²) < 4.78 is 4.68. The Bertz CT molecular complexity index is 472. The summed E-state index contributed by atoms with van der Waals surface area (Å²) in [6.45, 7) is -0.121. The van der Waals surface area contributed by atoms with Crippen molar-refractivity contribution in [2.75, 3.05) is 13.7 Å². The molecule has 0 aliphatic carbocycles. The van der Waals surface area contributed by atoms with Crippen LogP contribution >= 0.6 is 0 Å². The molecule has 0 fully saturated rings. The molecule has 0 heterocycles. The van der Waals surface area contributed by atoms with Crippen LogP contribution < -0.4 is 5.32 Å². The summed E-state index contributed by atoms with van der Waals surface area (Å²) in [7, 11) is 1.25. The first-order chi connectivity index (χ1) is 9.54. The molecule has 0 saturated carbocycles. The van der Waals surface area contributed by atoms with Gasteiger partial charge in [-0.25, -0.2) is 4.79 Å². The van der Waals surface area contributed by atoms with Crippen molar-refractivity contribution in [3.8, 4) is 0 Å². The SMILES string of the molecule is COC(CNC(=O)CCC(=O)c1ccccc1)C(=O)O. The first kappa shape index (κ1) is 15.8. The Morgan fingerprint density at radius 3 is 2.40 bits per heavy atom. The highest BCUT2D eigenvalue weighted by molar-refractivity contribution is 5.97. The maximum atomic E-state index is 11.8. The number of ketones is 1. The lowest BCUT2D eigenvalue weighted by Gasteiger charge is -2.11. The quantitative estimate of drug-likeness (QED) is 0.689. The molecule has 2 N–H and O–H groups in total. The molecule has 6 nitrogen and oxygen atoms in total. The molecule has 6 heteroatoms. The molecule has 0 aliphatic rings. The van der Waals surface area contributed by atoms with Crippen LogP contribution in [0.15, 0.2) is 30.3 Å². The molecule has 0 aromatic heterocycles. The van der Waals surface area contributed by atoms with Crippen molar-refractivity contribution in [3.63, 3.8) is 0 Å². The van der Waals surface area contributed by atoms with E-state index in [1.165, 1.54) is 7.11 Å². The summed E-state index contributed by atoms with van der Waals surface area (Å²) in [6.07, 6.45) is -0.978. The number of hydrogen-bond acceptors (Lipinski definition) is 4. The maximum Gasteiger partial charge on any atom is 0.334 e. The Morgan fingerprint density at radius 2 is 1.85 bits per heavy atom. The molecule has 1 amide bonds. The third kappa shape index (κ3) is 5.19. The summed E-state index contributed by atoms with van der Waals surface area (Å²) in [5.41, 5.74) is 0.556. The minimum absolute atomic E-state index is 0.0176. The van der Waals surface area contributed by atoms with E-state index in [9.17, 15) is 14.4 Å². The number of aliphatic carboxylic acids is 1. The van der Waals surface area contributed by atoms with Gasteiger partial charge in [-0.15, -0.1) is 0 Å². The molecule has 1 unspecified atom stereocenters. The van der Waals surface area contributed by atoms with Gasteiger partial charge in [-0.05, 0) is 0 Å². The minimum atomic E-state index is -1.15. The van der Waals surface area contributed by atoms with Gasteiger partial charge in [0.25, 0.3) is 0 Å². The molecular formula is C14H17NO5. The van der Waals surface area contributed by atoms with Crippen LogP contribution in [0.1, 0.15) is 23.2 Å². The predicted molar refractivity (Wildman–Crippen MR) is 71.4 cm³/mol.